The highest BCUT2D eigenvalue weighted by Crippen LogP contribution is 2.32. The molecule has 2 aromatic rings. The maximum Gasteiger partial charge on any atom is 0.295 e. The summed E-state index contributed by atoms with van der Waals surface area (Å²) >= 11 is 5.82. The third-order valence-corrected chi connectivity index (χ3v) is 3.24. The number of halogens is 1. The predicted octanol–water partition coefficient (Wildman–Crippen LogP) is 2.48. The summed E-state index contributed by atoms with van der Waals surface area (Å²) in [5.41, 5.74) is -1.09. The first-order valence-electron chi connectivity index (χ1n) is 6.20. The number of nitrogens with zero attached hydrogens (tertiary/aromatic N) is 3. The van der Waals surface area contributed by atoms with E-state index in [1.54, 1.807) is 18.2 Å². The van der Waals surface area contributed by atoms with Crippen LogP contribution in [0.25, 0.3) is 0 Å². The number of pyridine rings is 1. The van der Waals surface area contributed by atoms with Gasteiger partial charge in [0, 0.05) is 12.3 Å². The minimum Gasteiger partial charge on any atom is -0.346 e. The molecular formula is C13H9ClN4O5. The number of nitro groups is 2. The minimum absolute atomic E-state index is 0.0481. The van der Waals surface area contributed by atoms with Crippen LogP contribution in [0.15, 0.2) is 36.5 Å². The van der Waals surface area contributed by atoms with E-state index >= 15 is 0 Å². The molecule has 1 heterocycles. The second kappa shape index (κ2) is 6.79. The SMILES string of the molecule is O=C(NCc1ccccn1)c1cc([N+](=O)[O-])cc([N+](=O)[O-])c1Cl. The minimum atomic E-state index is -0.884. The van der Waals surface area contributed by atoms with Crippen molar-refractivity contribution >= 4 is 28.9 Å². The van der Waals surface area contributed by atoms with Gasteiger partial charge in [-0.25, -0.2) is 0 Å². The lowest BCUT2D eigenvalue weighted by Crippen LogP contribution is -2.24. The Morgan fingerprint density at radius 1 is 1.22 bits per heavy atom. The summed E-state index contributed by atoms with van der Waals surface area (Å²) in [5, 5.41) is 23.7. The average molecular weight is 337 g/mol. The lowest BCUT2D eigenvalue weighted by molar-refractivity contribution is -0.394. The van der Waals surface area contributed by atoms with Crippen LogP contribution in [0.4, 0.5) is 11.4 Å². The van der Waals surface area contributed by atoms with Crippen LogP contribution in [0.5, 0.6) is 0 Å². The first-order chi connectivity index (χ1) is 10.9. The zero-order valence-electron chi connectivity index (χ0n) is 11.4. The summed E-state index contributed by atoms with van der Waals surface area (Å²) in [6.07, 6.45) is 1.53. The van der Waals surface area contributed by atoms with Crippen molar-refractivity contribution in [2.24, 2.45) is 0 Å². The molecule has 0 aliphatic carbocycles. The van der Waals surface area contributed by atoms with Crippen molar-refractivity contribution < 1.29 is 14.6 Å². The second-order valence-corrected chi connectivity index (χ2v) is 4.72. The molecule has 1 amide bonds. The fourth-order valence-electron chi connectivity index (χ4n) is 1.77. The van der Waals surface area contributed by atoms with E-state index < -0.39 is 32.2 Å². The zero-order chi connectivity index (χ0) is 17.0. The molecule has 0 saturated carbocycles. The summed E-state index contributed by atoms with van der Waals surface area (Å²) in [5.74, 6) is -0.771. The topological polar surface area (TPSA) is 128 Å². The third-order valence-electron chi connectivity index (χ3n) is 2.85. The number of non-ortho nitro benzene ring substituents is 1. The largest absolute Gasteiger partial charge is 0.346 e. The Kier molecular flexibility index (Phi) is 4.82. The number of hydrogen-bond acceptors (Lipinski definition) is 6. The standard InChI is InChI=1S/C13H9ClN4O5/c14-12-10(5-9(17(20)21)6-11(12)18(22)23)13(19)16-7-8-3-1-2-4-15-8/h1-6H,7H2,(H,16,19). The van der Waals surface area contributed by atoms with Crippen molar-refractivity contribution in [3.63, 3.8) is 0 Å². The van der Waals surface area contributed by atoms with E-state index in [0.717, 1.165) is 6.07 Å². The van der Waals surface area contributed by atoms with Gasteiger partial charge >= 0.3 is 0 Å². The van der Waals surface area contributed by atoms with Crippen LogP contribution in [0.1, 0.15) is 16.1 Å². The van der Waals surface area contributed by atoms with Gasteiger partial charge in [0.25, 0.3) is 17.3 Å². The van der Waals surface area contributed by atoms with Gasteiger partial charge in [-0.05, 0) is 12.1 Å². The van der Waals surface area contributed by atoms with Gasteiger partial charge < -0.3 is 5.32 Å². The van der Waals surface area contributed by atoms with Crippen LogP contribution in [0.3, 0.4) is 0 Å². The van der Waals surface area contributed by atoms with E-state index in [1.165, 1.54) is 6.20 Å². The Bertz CT molecular complexity index is 781. The quantitative estimate of drug-likeness (QED) is 0.659. The van der Waals surface area contributed by atoms with Crippen LogP contribution < -0.4 is 5.32 Å². The summed E-state index contributed by atoms with van der Waals surface area (Å²) in [7, 11) is 0. The van der Waals surface area contributed by atoms with Crippen molar-refractivity contribution in [1.29, 1.82) is 0 Å². The number of benzene rings is 1. The summed E-state index contributed by atoms with van der Waals surface area (Å²) in [4.78, 5) is 36.1. The van der Waals surface area contributed by atoms with Crippen LogP contribution in [0.2, 0.25) is 5.02 Å². The number of amides is 1. The number of aromatic nitrogens is 1. The molecule has 1 aromatic carbocycles. The second-order valence-electron chi connectivity index (χ2n) is 4.34. The van der Waals surface area contributed by atoms with E-state index in [4.69, 9.17) is 11.6 Å². The number of nitro benzene ring substituents is 2. The van der Waals surface area contributed by atoms with Gasteiger partial charge in [-0.1, -0.05) is 17.7 Å². The predicted molar refractivity (Wildman–Crippen MR) is 80.2 cm³/mol. The van der Waals surface area contributed by atoms with E-state index in [1.807, 2.05) is 0 Å². The maximum atomic E-state index is 12.1. The number of nitrogens with one attached hydrogen (secondary N) is 1. The maximum absolute atomic E-state index is 12.1. The molecule has 10 heteroatoms. The van der Waals surface area contributed by atoms with Gasteiger partial charge in [0.05, 0.1) is 33.7 Å². The fourth-order valence-corrected chi connectivity index (χ4v) is 2.03. The molecule has 0 aliphatic heterocycles. The fraction of sp³-hybridized carbons (Fsp3) is 0.0769. The molecule has 9 nitrogen and oxygen atoms in total. The van der Waals surface area contributed by atoms with Gasteiger partial charge in [0.1, 0.15) is 5.02 Å². The van der Waals surface area contributed by atoms with Gasteiger partial charge in [0.2, 0.25) is 0 Å². The molecule has 118 valence electrons. The lowest BCUT2D eigenvalue weighted by atomic mass is 10.1. The van der Waals surface area contributed by atoms with E-state index in [2.05, 4.69) is 10.3 Å². The number of hydrogen-bond donors (Lipinski definition) is 1. The van der Waals surface area contributed by atoms with E-state index in [9.17, 15) is 25.0 Å². The molecule has 0 fully saturated rings. The molecule has 23 heavy (non-hydrogen) atoms. The Balaban J connectivity index is 2.31. The molecular weight excluding hydrogens is 328 g/mol. The summed E-state index contributed by atoms with van der Waals surface area (Å²) in [6, 6.07) is 6.69. The van der Waals surface area contributed by atoms with E-state index in [-0.39, 0.29) is 12.1 Å². The summed E-state index contributed by atoms with van der Waals surface area (Å²) in [6.45, 7) is 0.0481. The molecule has 1 aromatic heterocycles. The van der Waals surface area contributed by atoms with Crippen LogP contribution in [-0.2, 0) is 6.54 Å². The lowest BCUT2D eigenvalue weighted by Gasteiger charge is -2.07. The molecule has 0 radical (unpaired) electrons. The number of carbonyl (C=O) groups is 1. The molecule has 0 atom stereocenters. The van der Waals surface area contributed by atoms with Crippen molar-refractivity contribution in [3.8, 4) is 0 Å². The molecule has 0 saturated heterocycles. The van der Waals surface area contributed by atoms with E-state index in [0.29, 0.717) is 11.8 Å². The van der Waals surface area contributed by atoms with Gasteiger partial charge in [-0.15, -0.1) is 0 Å². The van der Waals surface area contributed by atoms with Gasteiger partial charge in [0.15, 0.2) is 0 Å². The normalized spacial score (nSPS) is 10.1. The highest BCUT2D eigenvalue weighted by atomic mass is 35.5. The zero-order valence-corrected chi connectivity index (χ0v) is 12.2. The van der Waals surface area contributed by atoms with Crippen molar-refractivity contribution in [3.05, 3.63) is 73.0 Å². The van der Waals surface area contributed by atoms with Crippen LogP contribution >= 0.6 is 11.6 Å². The molecule has 2 rings (SSSR count). The van der Waals surface area contributed by atoms with Crippen LogP contribution in [-0.4, -0.2) is 20.7 Å². The smallest absolute Gasteiger partial charge is 0.295 e. The number of carbonyl (C=O) groups excluding carboxylic acids is 1. The molecule has 0 aliphatic rings. The molecule has 0 spiro atoms. The number of rotatable bonds is 5. The Hall–Kier alpha value is -3.07. The Labute approximate surface area is 134 Å². The Morgan fingerprint density at radius 2 is 1.96 bits per heavy atom. The molecule has 0 unspecified atom stereocenters. The van der Waals surface area contributed by atoms with Crippen molar-refractivity contribution in [2.45, 2.75) is 6.54 Å². The van der Waals surface area contributed by atoms with Gasteiger partial charge in [-0.3, -0.25) is 30.0 Å². The van der Waals surface area contributed by atoms with Gasteiger partial charge in [-0.2, -0.15) is 0 Å². The third kappa shape index (κ3) is 3.77. The Morgan fingerprint density at radius 3 is 2.52 bits per heavy atom. The monoisotopic (exact) mass is 336 g/mol. The summed E-state index contributed by atoms with van der Waals surface area (Å²) < 4.78 is 0. The highest BCUT2D eigenvalue weighted by molar-refractivity contribution is 6.36. The van der Waals surface area contributed by atoms with Crippen molar-refractivity contribution in [2.75, 3.05) is 0 Å². The first-order valence-corrected chi connectivity index (χ1v) is 6.58. The van der Waals surface area contributed by atoms with Crippen molar-refractivity contribution in [1.82, 2.24) is 10.3 Å². The molecule has 0 bridgehead atoms. The van der Waals surface area contributed by atoms with Crippen LogP contribution in [0, 0.1) is 20.2 Å². The molecule has 1 N–H and O–H groups in total. The highest BCUT2D eigenvalue weighted by Gasteiger charge is 2.26. The average Bonchev–Trinajstić information content (AvgIpc) is 2.53. The first kappa shape index (κ1) is 16.3.